The SMILES string of the molecule is CCCCCn1c(CCC(=O)O)nc2cc(C)ccc21. The second-order valence-corrected chi connectivity index (χ2v) is 5.27. The molecule has 0 fully saturated rings. The quantitative estimate of drug-likeness (QED) is 0.785. The maximum Gasteiger partial charge on any atom is 0.303 e. The first-order valence-corrected chi connectivity index (χ1v) is 7.29. The Morgan fingerprint density at radius 3 is 2.85 bits per heavy atom. The standard InChI is InChI=1S/C16H22N2O2/c1-3-4-5-10-18-14-7-6-12(2)11-13(14)17-15(18)8-9-16(19)20/h6-7,11H,3-5,8-10H2,1-2H3,(H,19,20). The third kappa shape index (κ3) is 3.38. The summed E-state index contributed by atoms with van der Waals surface area (Å²) >= 11 is 0. The predicted molar refractivity (Wildman–Crippen MR) is 80.0 cm³/mol. The molecule has 1 N–H and O–H groups in total. The van der Waals surface area contributed by atoms with E-state index < -0.39 is 5.97 Å². The number of rotatable bonds is 7. The Morgan fingerprint density at radius 2 is 2.15 bits per heavy atom. The Bertz CT molecular complexity index is 602. The summed E-state index contributed by atoms with van der Waals surface area (Å²) in [6.07, 6.45) is 4.10. The summed E-state index contributed by atoms with van der Waals surface area (Å²) in [4.78, 5) is 15.4. The van der Waals surface area contributed by atoms with Crippen LogP contribution in [0.1, 0.15) is 44.0 Å². The molecule has 108 valence electrons. The second-order valence-electron chi connectivity index (χ2n) is 5.27. The highest BCUT2D eigenvalue weighted by atomic mass is 16.4. The van der Waals surface area contributed by atoms with Crippen LogP contribution < -0.4 is 0 Å². The highest BCUT2D eigenvalue weighted by Crippen LogP contribution is 2.20. The maximum atomic E-state index is 10.8. The van der Waals surface area contributed by atoms with Crippen molar-refractivity contribution in [2.24, 2.45) is 0 Å². The number of carbonyl (C=O) groups is 1. The molecule has 2 aromatic rings. The summed E-state index contributed by atoms with van der Waals surface area (Å²) in [5, 5.41) is 8.86. The summed E-state index contributed by atoms with van der Waals surface area (Å²) in [5.41, 5.74) is 3.27. The summed E-state index contributed by atoms with van der Waals surface area (Å²) in [6, 6.07) is 6.24. The molecule has 0 atom stereocenters. The van der Waals surface area contributed by atoms with E-state index in [1.54, 1.807) is 0 Å². The number of fused-ring (bicyclic) bond motifs is 1. The number of aromatic nitrogens is 2. The van der Waals surface area contributed by atoms with Crippen molar-refractivity contribution in [3.05, 3.63) is 29.6 Å². The maximum absolute atomic E-state index is 10.8. The molecular formula is C16H22N2O2. The van der Waals surface area contributed by atoms with Crippen molar-refractivity contribution in [1.82, 2.24) is 9.55 Å². The highest BCUT2D eigenvalue weighted by Gasteiger charge is 2.11. The number of carboxylic acid groups (broad SMARTS) is 1. The molecule has 1 heterocycles. The Labute approximate surface area is 119 Å². The average molecular weight is 274 g/mol. The zero-order valence-electron chi connectivity index (χ0n) is 12.2. The summed E-state index contributed by atoms with van der Waals surface area (Å²) < 4.78 is 2.19. The molecule has 0 spiro atoms. The lowest BCUT2D eigenvalue weighted by molar-refractivity contribution is -0.137. The number of aliphatic carboxylic acids is 1. The fourth-order valence-electron chi connectivity index (χ4n) is 2.47. The molecule has 1 aromatic heterocycles. The Balaban J connectivity index is 2.31. The van der Waals surface area contributed by atoms with E-state index in [1.165, 1.54) is 18.4 Å². The van der Waals surface area contributed by atoms with Crippen molar-refractivity contribution < 1.29 is 9.90 Å². The molecule has 4 nitrogen and oxygen atoms in total. The minimum Gasteiger partial charge on any atom is -0.481 e. The van der Waals surface area contributed by atoms with Crippen LogP contribution >= 0.6 is 0 Å². The lowest BCUT2D eigenvalue weighted by atomic mass is 10.2. The molecule has 0 radical (unpaired) electrons. The van der Waals surface area contributed by atoms with Gasteiger partial charge in [-0.2, -0.15) is 0 Å². The van der Waals surface area contributed by atoms with Crippen LogP contribution in [0.25, 0.3) is 11.0 Å². The average Bonchev–Trinajstić information content (AvgIpc) is 2.74. The zero-order chi connectivity index (χ0) is 14.5. The molecule has 4 heteroatoms. The lowest BCUT2D eigenvalue weighted by Crippen LogP contribution is -2.07. The minimum absolute atomic E-state index is 0.135. The van der Waals surface area contributed by atoms with Crippen molar-refractivity contribution >= 4 is 17.0 Å². The van der Waals surface area contributed by atoms with Gasteiger partial charge in [-0.1, -0.05) is 25.8 Å². The van der Waals surface area contributed by atoms with Gasteiger partial charge < -0.3 is 9.67 Å². The van der Waals surface area contributed by atoms with Crippen LogP contribution in [0.3, 0.4) is 0 Å². The van der Waals surface area contributed by atoms with E-state index in [1.807, 2.05) is 6.92 Å². The topological polar surface area (TPSA) is 55.1 Å². The first-order chi connectivity index (χ1) is 9.61. The van der Waals surface area contributed by atoms with Crippen molar-refractivity contribution in [1.29, 1.82) is 0 Å². The van der Waals surface area contributed by atoms with Crippen molar-refractivity contribution in [2.75, 3.05) is 0 Å². The summed E-state index contributed by atoms with van der Waals surface area (Å²) in [7, 11) is 0. The molecule has 0 aliphatic rings. The van der Waals surface area contributed by atoms with Crippen LogP contribution in [-0.4, -0.2) is 20.6 Å². The van der Waals surface area contributed by atoms with Gasteiger partial charge in [-0.05, 0) is 31.0 Å². The molecule has 2 rings (SSSR count). The number of imidazole rings is 1. The van der Waals surface area contributed by atoms with E-state index in [0.29, 0.717) is 6.42 Å². The molecule has 0 saturated heterocycles. The van der Waals surface area contributed by atoms with E-state index >= 15 is 0 Å². The number of unbranched alkanes of at least 4 members (excludes halogenated alkanes) is 2. The van der Waals surface area contributed by atoms with Gasteiger partial charge in [0.05, 0.1) is 17.5 Å². The van der Waals surface area contributed by atoms with Gasteiger partial charge in [-0.15, -0.1) is 0 Å². The van der Waals surface area contributed by atoms with Crippen LogP contribution in [0.2, 0.25) is 0 Å². The third-order valence-corrected chi connectivity index (χ3v) is 3.53. The number of aryl methyl sites for hydroxylation is 3. The second kappa shape index (κ2) is 6.55. The minimum atomic E-state index is -0.770. The van der Waals surface area contributed by atoms with Gasteiger partial charge in [0.15, 0.2) is 0 Å². The molecule has 0 amide bonds. The molecule has 0 unspecified atom stereocenters. The van der Waals surface area contributed by atoms with E-state index in [4.69, 9.17) is 5.11 Å². The van der Waals surface area contributed by atoms with Crippen LogP contribution in [-0.2, 0) is 17.8 Å². The Hall–Kier alpha value is -1.84. The van der Waals surface area contributed by atoms with Crippen LogP contribution in [0.5, 0.6) is 0 Å². The van der Waals surface area contributed by atoms with Gasteiger partial charge in [-0.25, -0.2) is 4.98 Å². The summed E-state index contributed by atoms with van der Waals surface area (Å²) in [6.45, 7) is 5.15. The molecule has 1 aromatic carbocycles. The van der Waals surface area contributed by atoms with E-state index in [2.05, 4.69) is 34.7 Å². The van der Waals surface area contributed by atoms with Gasteiger partial charge >= 0.3 is 5.97 Å². The predicted octanol–water partition coefficient (Wildman–Crippen LogP) is 3.55. The fourth-order valence-corrected chi connectivity index (χ4v) is 2.47. The molecule has 0 bridgehead atoms. The third-order valence-electron chi connectivity index (χ3n) is 3.53. The molecule has 0 saturated carbocycles. The Morgan fingerprint density at radius 1 is 1.35 bits per heavy atom. The van der Waals surface area contributed by atoms with E-state index in [9.17, 15) is 4.79 Å². The molecule has 20 heavy (non-hydrogen) atoms. The largest absolute Gasteiger partial charge is 0.481 e. The number of hydrogen-bond donors (Lipinski definition) is 1. The van der Waals surface area contributed by atoms with E-state index in [0.717, 1.165) is 29.8 Å². The normalized spacial score (nSPS) is 11.1. The van der Waals surface area contributed by atoms with Crippen molar-refractivity contribution in [3.63, 3.8) is 0 Å². The van der Waals surface area contributed by atoms with Gasteiger partial charge in [0.2, 0.25) is 0 Å². The number of hydrogen-bond acceptors (Lipinski definition) is 2. The number of benzene rings is 1. The highest BCUT2D eigenvalue weighted by molar-refractivity contribution is 5.77. The number of nitrogens with zero attached hydrogens (tertiary/aromatic N) is 2. The molecule has 0 aliphatic heterocycles. The smallest absolute Gasteiger partial charge is 0.303 e. The fraction of sp³-hybridized carbons (Fsp3) is 0.500. The summed E-state index contributed by atoms with van der Waals surface area (Å²) in [5.74, 6) is 0.123. The van der Waals surface area contributed by atoms with Gasteiger partial charge in [0.1, 0.15) is 5.82 Å². The van der Waals surface area contributed by atoms with Crippen LogP contribution in [0, 0.1) is 6.92 Å². The number of carboxylic acids is 1. The zero-order valence-corrected chi connectivity index (χ0v) is 12.2. The molecule has 0 aliphatic carbocycles. The van der Waals surface area contributed by atoms with Crippen molar-refractivity contribution in [3.8, 4) is 0 Å². The van der Waals surface area contributed by atoms with Crippen LogP contribution in [0.4, 0.5) is 0 Å². The first-order valence-electron chi connectivity index (χ1n) is 7.29. The Kier molecular flexibility index (Phi) is 4.77. The van der Waals surface area contributed by atoms with Gasteiger partial charge in [0, 0.05) is 13.0 Å². The van der Waals surface area contributed by atoms with Gasteiger partial charge in [0.25, 0.3) is 0 Å². The van der Waals surface area contributed by atoms with E-state index in [-0.39, 0.29) is 6.42 Å². The van der Waals surface area contributed by atoms with Crippen LogP contribution in [0.15, 0.2) is 18.2 Å². The van der Waals surface area contributed by atoms with Crippen molar-refractivity contribution in [2.45, 2.75) is 52.5 Å². The van der Waals surface area contributed by atoms with Gasteiger partial charge in [-0.3, -0.25) is 4.79 Å². The monoisotopic (exact) mass is 274 g/mol. The first kappa shape index (κ1) is 14.6. The molecular weight excluding hydrogens is 252 g/mol. The lowest BCUT2D eigenvalue weighted by Gasteiger charge is -2.08.